The Bertz CT molecular complexity index is 3610. The van der Waals surface area contributed by atoms with Gasteiger partial charge in [0, 0.05) is 24.2 Å². The Kier molecular flexibility index (Phi) is 22.6. The molecule has 0 saturated carbocycles. The van der Waals surface area contributed by atoms with E-state index in [1.54, 1.807) is 76.2 Å². The largest absolute Gasteiger partial charge is 0.489 e. The van der Waals surface area contributed by atoms with E-state index in [2.05, 4.69) is 136 Å². The fourth-order valence-electron chi connectivity index (χ4n) is 10.4. The Balaban J connectivity index is 0.000000244. The van der Waals surface area contributed by atoms with Crippen molar-refractivity contribution >= 4 is 100 Å². The summed E-state index contributed by atoms with van der Waals surface area (Å²) in [6, 6.07) is 23.5. The van der Waals surface area contributed by atoms with Gasteiger partial charge in [-0.05, 0) is 197 Å². The number of para-hydroxylation sites is 2. The van der Waals surface area contributed by atoms with Gasteiger partial charge in [0.15, 0.2) is 31.3 Å². The number of aryl methyl sites for hydroxylation is 2. The van der Waals surface area contributed by atoms with Crippen LogP contribution in [0.25, 0.3) is 11.1 Å². The Labute approximate surface area is 515 Å². The van der Waals surface area contributed by atoms with Crippen LogP contribution in [0.3, 0.4) is 0 Å². The zero-order valence-electron chi connectivity index (χ0n) is 51.9. The Morgan fingerprint density at radius 3 is 1.44 bits per heavy atom. The lowest BCUT2D eigenvalue weighted by Crippen LogP contribution is -2.41. The van der Waals surface area contributed by atoms with E-state index in [0.717, 1.165) is 61.0 Å². The molecule has 4 atom stereocenters. The monoisotopic (exact) mass is 1240 g/mol. The molecular formula is C65H86Cl2N10O6S2. The fourth-order valence-corrected chi connectivity index (χ4v) is 13.1. The summed E-state index contributed by atoms with van der Waals surface area (Å²) in [5, 5.41) is 15.9. The summed E-state index contributed by atoms with van der Waals surface area (Å²) in [6.45, 7) is 27.7. The number of hydrogen-bond acceptors (Lipinski definition) is 16. The highest BCUT2D eigenvalue weighted by Crippen LogP contribution is 2.41. The van der Waals surface area contributed by atoms with Gasteiger partial charge in [0.2, 0.25) is 11.9 Å². The molecule has 2 aliphatic heterocycles. The molecule has 2 aromatic heterocycles. The van der Waals surface area contributed by atoms with Gasteiger partial charge in [-0.1, -0.05) is 87.3 Å². The molecule has 20 heteroatoms. The average molecular weight is 1240 g/mol. The van der Waals surface area contributed by atoms with Crippen molar-refractivity contribution in [2.24, 2.45) is 0 Å². The summed E-state index contributed by atoms with van der Waals surface area (Å²) in [7, 11) is -4.85. The molecule has 5 N–H and O–H groups in total. The van der Waals surface area contributed by atoms with E-state index in [1.165, 1.54) is 34.7 Å². The van der Waals surface area contributed by atoms with Crippen LogP contribution in [0.5, 0.6) is 11.5 Å². The highest BCUT2D eigenvalue weighted by atomic mass is 35.5. The quantitative estimate of drug-likeness (QED) is 0.0429. The number of halogens is 2. The first-order chi connectivity index (χ1) is 40.3. The summed E-state index contributed by atoms with van der Waals surface area (Å²) < 4.78 is 64.5. The standard InChI is InChI=1S/C33H44ClN5O3S.C32H42ClN5O3S/c1-9-24-16-23(17-25(10-2)39(24)8)26-18-30(42-20(3)4)29(15-22(26)7)37-33-35-19-27(34)32(38-33)36-28-13-11-12-14-31(28)43(40,41)21(5)6;1-8-23-15-22(16-24(9-2)35-23)25-17-29(41-19(3)4)28(14-21(25)7)37-32-34-18-26(33)31(38-32)36-27-12-10-11-13-30(27)42(39,40)20(5)6/h11-16,18-21,24-25H,9-10,17H2,1-8H3,(H2,35,36,37,38);10-15,17-20,23-24,35H,8-9,16H2,1-7H3,(H2,34,36,37,38)/t24-,25-;23-,24-/m00/s1. The first kappa shape index (κ1) is 66.2. The van der Waals surface area contributed by atoms with Crippen molar-refractivity contribution in [2.75, 3.05) is 28.3 Å². The molecule has 2 aliphatic rings. The first-order valence-electron chi connectivity index (χ1n) is 29.6. The van der Waals surface area contributed by atoms with Crippen LogP contribution in [-0.2, 0) is 19.7 Å². The highest BCUT2D eigenvalue weighted by molar-refractivity contribution is 7.92. The van der Waals surface area contributed by atoms with Crippen LogP contribution in [0.2, 0.25) is 10.0 Å². The smallest absolute Gasteiger partial charge is 0.229 e. The Morgan fingerprint density at radius 2 is 1.04 bits per heavy atom. The van der Waals surface area contributed by atoms with Crippen molar-refractivity contribution in [3.05, 3.63) is 130 Å². The van der Waals surface area contributed by atoms with Crippen molar-refractivity contribution in [1.82, 2.24) is 30.2 Å². The van der Waals surface area contributed by atoms with E-state index < -0.39 is 30.2 Å². The van der Waals surface area contributed by atoms with E-state index in [0.29, 0.717) is 58.9 Å². The average Bonchev–Trinajstić information content (AvgIpc) is 2.12. The molecule has 16 nitrogen and oxygen atoms in total. The molecule has 6 aromatic rings. The summed E-state index contributed by atoms with van der Waals surface area (Å²) in [4.78, 5) is 20.9. The lowest BCUT2D eigenvalue weighted by atomic mass is 9.87. The number of nitrogens with zero attached hydrogens (tertiary/aromatic N) is 5. The number of benzene rings is 4. The van der Waals surface area contributed by atoms with Crippen LogP contribution in [0, 0.1) is 13.8 Å². The molecule has 0 bridgehead atoms. The maximum absolute atomic E-state index is 13.0. The Hall–Kier alpha value is -6.28. The van der Waals surface area contributed by atoms with E-state index in [9.17, 15) is 16.8 Å². The second-order valence-corrected chi connectivity index (χ2v) is 28.7. The molecule has 4 aromatic carbocycles. The molecule has 8 rings (SSSR count). The number of likely N-dealkylation sites (N-methyl/N-ethyl adjacent to an activating group) is 1. The minimum Gasteiger partial charge on any atom is -0.489 e. The number of nitrogens with one attached hydrogen (secondary N) is 5. The van der Waals surface area contributed by atoms with Crippen molar-refractivity contribution in [2.45, 2.75) is 192 Å². The van der Waals surface area contributed by atoms with Gasteiger partial charge in [-0.3, -0.25) is 4.90 Å². The van der Waals surface area contributed by atoms with Gasteiger partial charge >= 0.3 is 0 Å². The Morgan fingerprint density at radius 1 is 0.588 bits per heavy atom. The number of anilines is 8. The van der Waals surface area contributed by atoms with Crippen molar-refractivity contribution < 1.29 is 26.3 Å². The molecule has 0 unspecified atom stereocenters. The molecule has 0 saturated heterocycles. The molecular weight excluding hydrogens is 1150 g/mol. The van der Waals surface area contributed by atoms with Gasteiger partial charge in [-0.15, -0.1) is 0 Å². The third kappa shape index (κ3) is 16.2. The van der Waals surface area contributed by atoms with Gasteiger partial charge in [-0.25, -0.2) is 26.8 Å². The van der Waals surface area contributed by atoms with Gasteiger partial charge in [-0.2, -0.15) is 9.97 Å². The van der Waals surface area contributed by atoms with Crippen molar-refractivity contribution in [3.8, 4) is 11.5 Å². The third-order valence-corrected chi connectivity index (χ3v) is 20.2. The molecule has 85 heavy (non-hydrogen) atoms. The zero-order valence-corrected chi connectivity index (χ0v) is 55.0. The number of aromatic nitrogens is 4. The normalized spacial score (nSPS) is 17.5. The maximum Gasteiger partial charge on any atom is 0.229 e. The predicted octanol–water partition coefficient (Wildman–Crippen LogP) is 16.0. The van der Waals surface area contributed by atoms with Gasteiger partial charge in [0.05, 0.1) is 67.6 Å². The zero-order chi connectivity index (χ0) is 62.1. The second kappa shape index (κ2) is 28.9. The van der Waals surface area contributed by atoms with Crippen LogP contribution >= 0.6 is 23.2 Å². The van der Waals surface area contributed by atoms with Crippen LogP contribution in [0.15, 0.2) is 107 Å². The number of ether oxygens (including phenoxy) is 2. The van der Waals surface area contributed by atoms with E-state index in [4.69, 9.17) is 32.7 Å². The minimum atomic E-state index is -3.54. The lowest BCUT2D eigenvalue weighted by molar-refractivity contribution is 0.186. The summed E-state index contributed by atoms with van der Waals surface area (Å²) in [5.74, 6) is 2.58. The van der Waals surface area contributed by atoms with E-state index in [-0.39, 0.29) is 43.7 Å². The van der Waals surface area contributed by atoms with Crippen molar-refractivity contribution in [1.29, 1.82) is 0 Å². The van der Waals surface area contributed by atoms with Crippen LogP contribution in [-0.4, -0.2) is 95.6 Å². The SMILES string of the molecule is CC[C@H]1CC(c2cc(OC(C)C)c(Nc3ncc(Cl)c(Nc4ccccc4S(=O)(=O)C(C)C)n3)cc2C)=C[C@H](CC)N1.CC[C@H]1CC(c2cc(OC(C)C)c(Nc3ncc(Cl)c(Nc4ccccc4S(=O)(=O)C(C)C)n3)cc2C)=C[C@H](CC)N1C. The summed E-state index contributed by atoms with van der Waals surface area (Å²) >= 11 is 12.9. The maximum atomic E-state index is 13.0. The minimum absolute atomic E-state index is 0.0438. The number of sulfone groups is 2. The van der Waals surface area contributed by atoms with Gasteiger partial charge < -0.3 is 36.1 Å². The molecule has 0 aliphatic carbocycles. The van der Waals surface area contributed by atoms with Gasteiger partial charge in [0.1, 0.15) is 21.5 Å². The van der Waals surface area contributed by atoms with Crippen molar-refractivity contribution in [3.63, 3.8) is 0 Å². The fraction of sp³-hybridized carbons (Fsp3) is 0.446. The van der Waals surface area contributed by atoms with Crippen LogP contribution < -0.4 is 36.1 Å². The number of hydrogen-bond donors (Lipinski definition) is 5. The first-order valence-corrected chi connectivity index (χ1v) is 33.4. The van der Waals surface area contributed by atoms with Crippen LogP contribution in [0.1, 0.15) is 144 Å². The molecule has 458 valence electrons. The highest BCUT2D eigenvalue weighted by Gasteiger charge is 2.29. The molecule has 4 heterocycles. The summed E-state index contributed by atoms with van der Waals surface area (Å²) in [5.41, 5.74) is 9.54. The molecule has 0 fully saturated rings. The van der Waals surface area contributed by atoms with Crippen LogP contribution in [0.4, 0.5) is 46.3 Å². The topological polar surface area (TPSA) is 202 Å². The lowest BCUT2D eigenvalue weighted by Gasteiger charge is -2.38. The molecule has 0 radical (unpaired) electrons. The molecule has 0 amide bonds. The second-order valence-electron chi connectivity index (χ2n) is 22.9. The molecule has 0 spiro atoms. The van der Waals surface area contributed by atoms with Gasteiger partial charge in [0.25, 0.3) is 0 Å². The summed E-state index contributed by atoms with van der Waals surface area (Å²) in [6.07, 6.45) is 13.8. The van der Waals surface area contributed by atoms with E-state index in [1.807, 2.05) is 27.7 Å². The van der Waals surface area contributed by atoms with E-state index >= 15 is 0 Å². The number of rotatable bonds is 22. The predicted molar refractivity (Wildman–Crippen MR) is 351 cm³/mol. The third-order valence-electron chi connectivity index (χ3n) is 15.3.